The van der Waals surface area contributed by atoms with Crippen LogP contribution in [0.2, 0.25) is 0 Å². The molecule has 1 heterocycles. The second-order valence-electron chi connectivity index (χ2n) is 4.46. The summed E-state index contributed by atoms with van der Waals surface area (Å²) in [6, 6.07) is 10.8. The molecule has 0 radical (unpaired) electrons. The van der Waals surface area contributed by atoms with Crippen molar-refractivity contribution in [2.75, 3.05) is 0 Å². The summed E-state index contributed by atoms with van der Waals surface area (Å²) in [6.07, 6.45) is 9.44. The minimum Gasteiger partial charge on any atom is -0.337 e. The molecule has 2 heteroatoms. The molecule has 2 nitrogen and oxygen atoms in total. The van der Waals surface area contributed by atoms with Crippen molar-refractivity contribution < 1.29 is 0 Å². The topological polar surface area (TPSA) is 17.8 Å². The average molecular weight is 228 g/mol. The first-order valence-corrected chi connectivity index (χ1v) is 6.41. The van der Waals surface area contributed by atoms with E-state index >= 15 is 0 Å². The van der Waals surface area contributed by atoms with Crippen LogP contribution in [0.1, 0.15) is 37.7 Å². The van der Waals surface area contributed by atoms with Crippen molar-refractivity contribution in [1.82, 2.24) is 9.55 Å². The quantitative estimate of drug-likeness (QED) is 0.734. The molecule has 1 atom stereocenters. The summed E-state index contributed by atoms with van der Waals surface area (Å²) in [7, 11) is 0. The van der Waals surface area contributed by atoms with Crippen LogP contribution >= 0.6 is 0 Å². The molecular weight excluding hydrogens is 208 g/mol. The second kappa shape index (κ2) is 6.24. The lowest BCUT2D eigenvalue weighted by atomic mass is 9.92. The van der Waals surface area contributed by atoms with Gasteiger partial charge in [-0.3, -0.25) is 0 Å². The standard InChI is InChI=1S/C15H20N2/c1-2-14(15-7-4-3-5-8-15)9-6-11-17-12-10-16-13-17/h3-5,7-8,10,12-14H,2,6,9,11H2,1H3. The van der Waals surface area contributed by atoms with E-state index in [1.165, 1.54) is 24.8 Å². The predicted octanol–water partition coefficient (Wildman–Crippen LogP) is 3.86. The van der Waals surface area contributed by atoms with Crippen LogP contribution in [0.4, 0.5) is 0 Å². The van der Waals surface area contributed by atoms with Gasteiger partial charge in [0.1, 0.15) is 0 Å². The van der Waals surface area contributed by atoms with E-state index in [9.17, 15) is 0 Å². The molecule has 0 aliphatic rings. The molecule has 1 aromatic heterocycles. The fourth-order valence-electron chi connectivity index (χ4n) is 2.27. The molecule has 0 aliphatic heterocycles. The fraction of sp³-hybridized carbons (Fsp3) is 0.400. The molecule has 0 saturated heterocycles. The largest absolute Gasteiger partial charge is 0.337 e. The number of aromatic nitrogens is 2. The number of nitrogens with zero attached hydrogens (tertiary/aromatic N) is 2. The summed E-state index contributed by atoms with van der Waals surface area (Å²) in [5.41, 5.74) is 1.47. The van der Waals surface area contributed by atoms with Crippen molar-refractivity contribution >= 4 is 0 Å². The predicted molar refractivity (Wildman–Crippen MR) is 70.9 cm³/mol. The van der Waals surface area contributed by atoms with Gasteiger partial charge in [-0.2, -0.15) is 0 Å². The first kappa shape index (κ1) is 11.9. The molecule has 90 valence electrons. The second-order valence-corrected chi connectivity index (χ2v) is 4.46. The van der Waals surface area contributed by atoms with Crippen LogP contribution < -0.4 is 0 Å². The molecule has 0 spiro atoms. The Balaban J connectivity index is 1.84. The highest BCUT2D eigenvalue weighted by Gasteiger charge is 2.08. The van der Waals surface area contributed by atoms with E-state index in [1.807, 2.05) is 18.7 Å². The number of hydrogen-bond donors (Lipinski definition) is 0. The maximum Gasteiger partial charge on any atom is 0.0945 e. The van der Waals surface area contributed by atoms with E-state index in [0.717, 1.165) is 6.54 Å². The van der Waals surface area contributed by atoms with Gasteiger partial charge in [0.25, 0.3) is 0 Å². The van der Waals surface area contributed by atoms with E-state index in [4.69, 9.17) is 0 Å². The zero-order valence-corrected chi connectivity index (χ0v) is 10.4. The minimum absolute atomic E-state index is 0.694. The van der Waals surface area contributed by atoms with Crippen molar-refractivity contribution in [3.63, 3.8) is 0 Å². The van der Waals surface area contributed by atoms with E-state index in [0.29, 0.717) is 5.92 Å². The van der Waals surface area contributed by atoms with Crippen LogP contribution in [0.15, 0.2) is 49.1 Å². The Hall–Kier alpha value is -1.57. The summed E-state index contributed by atoms with van der Waals surface area (Å²) in [6.45, 7) is 3.35. The Morgan fingerprint density at radius 2 is 2.06 bits per heavy atom. The van der Waals surface area contributed by atoms with Gasteiger partial charge in [0.2, 0.25) is 0 Å². The normalized spacial score (nSPS) is 12.5. The van der Waals surface area contributed by atoms with Gasteiger partial charge < -0.3 is 4.57 Å². The highest BCUT2D eigenvalue weighted by atomic mass is 15.0. The van der Waals surface area contributed by atoms with Gasteiger partial charge in [-0.05, 0) is 30.7 Å². The first-order valence-electron chi connectivity index (χ1n) is 6.41. The third kappa shape index (κ3) is 3.45. The molecule has 0 N–H and O–H groups in total. The van der Waals surface area contributed by atoms with Gasteiger partial charge in [0.15, 0.2) is 0 Å². The van der Waals surface area contributed by atoms with Crippen LogP contribution in [-0.4, -0.2) is 9.55 Å². The Kier molecular flexibility index (Phi) is 4.37. The summed E-state index contributed by atoms with van der Waals surface area (Å²) in [5, 5.41) is 0. The van der Waals surface area contributed by atoms with E-state index in [2.05, 4.69) is 46.8 Å². The smallest absolute Gasteiger partial charge is 0.0945 e. The van der Waals surface area contributed by atoms with E-state index in [1.54, 1.807) is 0 Å². The van der Waals surface area contributed by atoms with Crippen LogP contribution in [0, 0.1) is 0 Å². The number of aryl methyl sites for hydroxylation is 1. The Labute approximate surface area is 103 Å². The number of rotatable bonds is 6. The molecule has 0 fully saturated rings. The van der Waals surface area contributed by atoms with Crippen LogP contribution in [0.25, 0.3) is 0 Å². The highest BCUT2D eigenvalue weighted by molar-refractivity contribution is 5.19. The molecule has 0 bridgehead atoms. The molecule has 0 amide bonds. The zero-order valence-electron chi connectivity index (χ0n) is 10.4. The van der Waals surface area contributed by atoms with Crippen molar-refractivity contribution in [3.8, 4) is 0 Å². The van der Waals surface area contributed by atoms with Gasteiger partial charge >= 0.3 is 0 Å². The Bertz CT molecular complexity index is 406. The van der Waals surface area contributed by atoms with E-state index < -0.39 is 0 Å². The summed E-state index contributed by atoms with van der Waals surface area (Å²) >= 11 is 0. The molecule has 2 aromatic rings. The zero-order chi connectivity index (χ0) is 11.9. The number of benzene rings is 1. The molecular formula is C15H20N2. The Morgan fingerprint density at radius 3 is 2.71 bits per heavy atom. The van der Waals surface area contributed by atoms with Crippen LogP contribution in [0.3, 0.4) is 0 Å². The monoisotopic (exact) mass is 228 g/mol. The van der Waals surface area contributed by atoms with Gasteiger partial charge in [0.05, 0.1) is 6.33 Å². The maximum absolute atomic E-state index is 4.06. The lowest BCUT2D eigenvalue weighted by Gasteiger charge is -2.15. The third-order valence-corrected chi connectivity index (χ3v) is 3.29. The lowest BCUT2D eigenvalue weighted by Crippen LogP contribution is -2.01. The van der Waals surface area contributed by atoms with Gasteiger partial charge in [-0.25, -0.2) is 4.98 Å². The average Bonchev–Trinajstić information content (AvgIpc) is 2.89. The van der Waals surface area contributed by atoms with Crippen molar-refractivity contribution in [1.29, 1.82) is 0 Å². The molecule has 1 aromatic carbocycles. The van der Waals surface area contributed by atoms with Gasteiger partial charge in [-0.1, -0.05) is 37.3 Å². The SMILES string of the molecule is CCC(CCCn1ccnc1)c1ccccc1. The first-order chi connectivity index (χ1) is 8.40. The summed E-state index contributed by atoms with van der Waals surface area (Å²) in [5.74, 6) is 0.694. The number of imidazole rings is 1. The van der Waals surface area contributed by atoms with Crippen molar-refractivity contribution in [2.24, 2.45) is 0 Å². The van der Waals surface area contributed by atoms with Crippen molar-refractivity contribution in [2.45, 2.75) is 38.6 Å². The fourth-order valence-corrected chi connectivity index (χ4v) is 2.27. The highest BCUT2D eigenvalue weighted by Crippen LogP contribution is 2.24. The van der Waals surface area contributed by atoms with Crippen molar-refractivity contribution in [3.05, 3.63) is 54.6 Å². The molecule has 1 unspecified atom stereocenters. The number of hydrogen-bond acceptors (Lipinski definition) is 1. The Morgan fingerprint density at radius 1 is 1.24 bits per heavy atom. The van der Waals surface area contributed by atoms with Gasteiger partial charge in [0, 0.05) is 18.9 Å². The van der Waals surface area contributed by atoms with Crippen LogP contribution in [0.5, 0.6) is 0 Å². The molecule has 0 aliphatic carbocycles. The minimum atomic E-state index is 0.694. The molecule has 0 saturated carbocycles. The molecule has 2 rings (SSSR count). The lowest BCUT2D eigenvalue weighted by molar-refractivity contribution is 0.529. The summed E-state index contributed by atoms with van der Waals surface area (Å²) in [4.78, 5) is 4.06. The summed E-state index contributed by atoms with van der Waals surface area (Å²) < 4.78 is 2.15. The molecule has 17 heavy (non-hydrogen) atoms. The van der Waals surface area contributed by atoms with Crippen LogP contribution in [-0.2, 0) is 6.54 Å². The van der Waals surface area contributed by atoms with E-state index in [-0.39, 0.29) is 0 Å². The van der Waals surface area contributed by atoms with Gasteiger partial charge in [-0.15, -0.1) is 0 Å². The maximum atomic E-state index is 4.06. The third-order valence-electron chi connectivity index (χ3n) is 3.29.